The van der Waals surface area contributed by atoms with E-state index in [9.17, 15) is 0 Å². The van der Waals surface area contributed by atoms with E-state index in [1.165, 1.54) is 44.9 Å². The molecule has 2 saturated carbocycles. The minimum absolute atomic E-state index is 0.593. The van der Waals surface area contributed by atoms with Crippen molar-refractivity contribution in [2.24, 2.45) is 22.6 Å². The maximum Gasteiger partial charge on any atom is 0.0971 e. The molecule has 2 heteroatoms. The van der Waals surface area contributed by atoms with Gasteiger partial charge < -0.3 is 5.73 Å². The maximum absolute atomic E-state index is 6.03. The van der Waals surface area contributed by atoms with Gasteiger partial charge >= 0.3 is 0 Å². The summed E-state index contributed by atoms with van der Waals surface area (Å²) < 4.78 is 0. The number of aliphatic imine (C=N–C) groups is 1. The molecule has 0 heterocycles. The summed E-state index contributed by atoms with van der Waals surface area (Å²) in [6.45, 7) is 2.25. The molecule has 0 aliphatic heterocycles. The van der Waals surface area contributed by atoms with Crippen LogP contribution in [-0.4, -0.2) is 11.9 Å². The fourth-order valence-electron chi connectivity index (χ4n) is 2.59. The number of amidine groups is 1. The smallest absolute Gasteiger partial charge is 0.0971 e. The lowest BCUT2D eigenvalue weighted by atomic mass is 10.1. The Morgan fingerprint density at radius 3 is 2.71 bits per heavy atom. The molecule has 2 atom stereocenters. The highest BCUT2D eigenvalue weighted by molar-refractivity contribution is 5.83. The lowest BCUT2D eigenvalue weighted by Gasteiger charge is -2.07. The van der Waals surface area contributed by atoms with Gasteiger partial charge in [-0.25, -0.2) is 0 Å². The van der Waals surface area contributed by atoms with E-state index in [4.69, 9.17) is 5.73 Å². The van der Waals surface area contributed by atoms with Crippen LogP contribution in [0.1, 0.15) is 51.9 Å². The number of nitrogens with zero attached hydrogens (tertiary/aromatic N) is 1. The first-order chi connectivity index (χ1) is 6.81. The normalized spacial score (nSPS) is 33.6. The van der Waals surface area contributed by atoms with Crippen molar-refractivity contribution in [3.8, 4) is 0 Å². The SMILES string of the molecule is CCCC1CC1N=C(N)C1CCCC1. The van der Waals surface area contributed by atoms with E-state index in [0.717, 1.165) is 11.8 Å². The highest BCUT2D eigenvalue weighted by atomic mass is 14.9. The first kappa shape index (κ1) is 10.0. The molecule has 0 saturated heterocycles. The number of hydrogen-bond donors (Lipinski definition) is 1. The maximum atomic E-state index is 6.03. The van der Waals surface area contributed by atoms with Gasteiger partial charge in [-0.2, -0.15) is 0 Å². The predicted molar refractivity (Wildman–Crippen MR) is 60.4 cm³/mol. The molecule has 14 heavy (non-hydrogen) atoms. The second-order valence-electron chi connectivity index (χ2n) is 4.89. The predicted octanol–water partition coefficient (Wildman–Crippen LogP) is 2.72. The molecule has 0 spiro atoms. The first-order valence-corrected chi connectivity index (χ1v) is 6.14. The molecule has 2 unspecified atom stereocenters. The van der Waals surface area contributed by atoms with Gasteiger partial charge in [0.05, 0.1) is 11.9 Å². The van der Waals surface area contributed by atoms with E-state index in [-0.39, 0.29) is 0 Å². The number of hydrogen-bond acceptors (Lipinski definition) is 1. The molecule has 2 aliphatic carbocycles. The van der Waals surface area contributed by atoms with Crippen molar-refractivity contribution in [2.45, 2.75) is 57.9 Å². The van der Waals surface area contributed by atoms with Crippen molar-refractivity contribution >= 4 is 5.84 Å². The molecule has 2 N–H and O–H groups in total. The minimum Gasteiger partial charge on any atom is -0.387 e. The summed E-state index contributed by atoms with van der Waals surface area (Å²) in [5, 5.41) is 0. The quantitative estimate of drug-likeness (QED) is 0.542. The molecular formula is C12H22N2. The molecule has 2 rings (SSSR count). The van der Waals surface area contributed by atoms with Crippen LogP contribution in [0.3, 0.4) is 0 Å². The summed E-state index contributed by atoms with van der Waals surface area (Å²) in [6, 6.07) is 0.593. The van der Waals surface area contributed by atoms with E-state index in [2.05, 4.69) is 11.9 Å². The van der Waals surface area contributed by atoms with Gasteiger partial charge in [-0.1, -0.05) is 26.2 Å². The van der Waals surface area contributed by atoms with Gasteiger partial charge in [-0.05, 0) is 31.6 Å². The standard InChI is InChI=1S/C12H22N2/c1-2-5-10-8-11(10)14-12(13)9-6-3-4-7-9/h9-11H,2-8H2,1H3,(H2,13,14). The van der Waals surface area contributed by atoms with Crippen molar-refractivity contribution in [1.29, 1.82) is 0 Å². The Morgan fingerprint density at radius 2 is 2.07 bits per heavy atom. The molecular weight excluding hydrogens is 172 g/mol. The van der Waals surface area contributed by atoms with Crippen LogP contribution in [0.4, 0.5) is 0 Å². The Morgan fingerprint density at radius 1 is 1.36 bits per heavy atom. The van der Waals surface area contributed by atoms with E-state index >= 15 is 0 Å². The van der Waals surface area contributed by atoms with Crippen LogP contribution in [0, 0.1) is 11.8 Å². The van der Waals surface area contributed by atoms with Crippen molar-refractivity contribution < 1.29 is 0 Å². The van der Waals surface area contributed by atoms with Gasteiger partial charge in [0.25, 0.3) is 0 Å². The summed E-state index contributed by atoms with van der Waals surface area (Å²) in [5.41, 5.74) is 6.03. The molecule has 2 nitrogen and oxygen atoms in total. The van der Waals surface area contributed by atoms with Crippen molar-refractivity contribution in [3.05, 3.63) is 0 Å². The number of rotatable bonds is 4. The van der Waals surface area contributed by atoms with Gasteiger partial charge in [-0.15, -0.1) is 0 Å². The zero-order valence-electron chi connectivity index (χ0n) is 9.21. The van der Waals surface area contributed by atoms with Crippen molar-refractivity contribution in [3.63, 3.8) is 0 Å². The zero-order chi connectivity index (χ0) is 9.97. The topological polar surface area (TPSA) is 38.4 Å². The molecule has 0 amide bonds. The highest BCUT2D eigenvalue weighted by Crippen LogP contribution is 2.38. The van der Waals surface area contributed by atoms with Crippen molar-refractivity contribution in [1.82, 2.24) is 0 Å². The van der Waals surface area contributed by atoms with Gasteiger partial charge in [0.2, 0.25) is 0 Å². The summed E-state index contributed by atoms with van der Waals surface area (Å²) in [6.07, 6.45) is 9.18. The molecule has 0 bridgehead atoms. The lowest BCUT2D eigenvalue weighted by molar-refractivity contribution is 0.673. The van der Waals surface area contributed by atoms with Crippen molar-refractivity contribution in [2.75, 3.05) is 0 Å². The Labute approximate surface area is 87.0 Å². The number of nitrogens with two attached hydrogens (primary N) is 1. The van der Waals surface area contributed by atoms with Crippen LogP contribution in [0.25, 0.3) is 0 Å². The summed E-state index contributed by atoms with van der Waals surface area (Å²) >= 11 is 0. The van der Waals surface area contributed by atoms with Gasteiger partial charge in [-0.3, -0.25) is 4.99 Å². The van der Waals surface area contributed by atoms with E-state index in [1.54, 1.807) is 0 Å². The van der Waals surface area contributed by atoms with Crippen LogP contribution in [0.15, 0.2) is 4.99 Å². The van der Waals surface area contributed by atoms with Crippen LogP contribution in [-0.2, 0) is 0 Å². The third kappa shape index (κ3) is 2.28. The monoisotopic (exact) mass is 194 g/mol. The highest BCUT2D eigenvalue weighted by Gasteiger charge is 2.36. The molecule has 0 aromatic rings. The Hall–Kier alpha value is -0.530. The second kappa shape index (κ2) is 4.33. The second-order valence-corrected chi connectivity index (χ2v) is 4.89. The summed E-state index contributed by atoms with van der Waals surface area (Å²) in [5.74, 6) is 2.45. The Balaban J connectivity index is 1.80. The van der Waals surface area contributed by atoms with E-state index in [1.807, 2.05) is 0 Å². The Kier molecular flexibility index (Phi) is 3.09. The molecule has 0 aromatic carbocycles. The van der Waals surface area contributed by atoms with Crippen LogP contribution in [0.2, 0.25) is 0 Å². The minimum atomic E-state index is 0.593. The van der Waals surface area contributed by atoms with E-state index in [0.29, 0.717) is 12.0 Å². The van der Waals surface area contributed by atoms with Gasteiger partial charge in [0.15, 0.2) is 0 Å². The fourth-order valence-corrected chi connectivity index (χ4v) is 2.59. The fraction of sp³-hybridized carbons (Fsp3) is 0.917. The summed E-state index contributed by atoms with van der Waals surface area (Å²) in [4.78, 5) is 4.66. The first-order valence-electron chi connectivity index (χ1n) is 6.14. The van der Waals surface area contributed by atoms with E-state index < -0.39 is 0 Å². The zero-order valence-corrected chi connectivity index (χ0v) is 9.21. The molecule has 0 radical (unpaired) electrons. The van der Waals surface area contributed by atoms with Gasteiger partial charge in [0, 0.05) is 5.92 Å². The lowest BCUT2D eigenvalue weighted by Crippen LogP contribution is -2.22. The summed E-state index contributed by atoms with van der Waals surface area (Å²) in [7, 11) is 0. The molecule has 0 aromatic heterocycles. The largest absolute Gasteiger partial charge is 0.387 e. The average Bonchev–Trinajstić information content (AvgIpc) is 2.71. The molecule has 80 valence electrons. The third-order valence-electron chi connectivity index (χ3n) is 3.63. The third-order valence-corrected chi connectivity index (χ3v) is 3.63. The molecule has 2 fully saturated rings. The van der Waals surface area contributed by atoms with Crippen LogP contribution >= 0.6 is 0 Å². The Bertz CT molecular complexity index is 216. The van der Waals surface area contributed by atoms with Gasteiger partial charge in [0.1, 0.15) is 0 Å². The van der Waals surface area contributed by atoms with Crippen LogP contribution < -0.4 is 5.73 Å². The van der Waals surface area contributed by atoms with Crippen LogP contribution in [0.5, 0.6) is 0 Å². The molecule has 2 aliphatic rings. The average molecular weight is 194 g/mol.